The Morgan fingerprint density at radius 2 is 2.11 bits per heavy atom. The highest BCUT2D eigenvalue weighted by atomic mass is 15.1. The van der Waals surface area contributed by atoms with Gasteiger partial charge in [0.15, 0.2) is 0 Å². The summed E-state index contributed by atoms with van der Waals surface area (Å²) in [5.41, 5.74) is 2.84. The Bertz CT molecular complexity index is 554. The Labute approximate surface area is 113 Å². The van der Waals surface area contributed by atoms with E-state index in [1.165, 1.54) is 30.5 Å². The van der Waals surface area contributed by atoms with Crippen LogP contribution in [0.2, 0.25) is 0 Å². The van der Waals surface area contributed by atoms with Crippen molar-refractivity contribution in [3.05, 3.63) is 54.1 Å². The third-order valence-corrected chi connectivity index (χ3v) is 4.46. The smallest absolute Gasteiger partial charge is 0.0951 e. The molecule has 2 aliphatic rings. The summed E-state index contributed by atoms with van der Waals surface area (Å²) < 4.78 is 2.40. The van der Waals surface area contributed by atoms with Gasteiger partial charge in [0, 0.05) is 24.2 Å². The van der Waals surface area contributed by atoms with Crippen molar-refractivity contribution < 1.29 is 0 Å². The number of hydrogen-bond acceptors (Lipinski definition) is 2. The summed E-state index contributed by atoms with van der Waals surface area (Å²) in [6.45, 7) is 1.14. The lowest BCUT2D eigenvalue weighted by Crippen LogP contribution is -2.16. The summed E-state index contributed by atoms with van der Waals surface area (Å²) in [6.07, 6.45) is 7.84. The summed E-state index contributed by atoms with van der Waals surface area (Å²) in [5, 5.41) is 3.58. The molecule has 3 unspecified atom stereocenters. The van der Waals surface area contributed by atoms with Gasteiger partial charge in [0.1, 0.15) is 0 Å². The fourth-order valence-electron chi connectivity index (χ4n) is 3.35. The van der Waals surface area contributed by atoms with Gasteiger partial charge in [0.2, 0.25) is 0 Å². The first-order valence-electron chi connectivity index (χ1n) is 7.23. The zero-order chi connectivity index (χ0) is 12.7. The molecule has 0 amide bonds. The highest BCUT2D eigenvalue weighted by Gasteiger charge is 2.41. The van der Waals surface area contributed by atoms with Gasteiger partial charge >= 0.3 is 0 Å². The van der Waals surface area contributed by atoms with Crippen LogP contribution in [0.3, 0.4) is 0 Å². The Morgan fingerprint density at radius 3 is 2.89 bits per heavy atom. The lowest BCUT2D eigenvalue weighted by molar-refractivity contribution is 0.566. The highest BCUT2D eigenvalue weighted by Crippen LogP contribution is 2.52. The van der Waals surface area contributed by atoms with Crippen LogP contribution in [0.25, 0.3) is 0 Å². The van der Waals surface area contributed by atoms with Crippen molar-refractivity contribution in [1.82, 2.24) is 14.9 Å². The Kier molecular flexibility index (Phi) is 2.66. The molecule has 1 aliphatic heterocycles. The Morgan fingerprint density at radius 1 is 1.21 bits per heavy atom. The van der Waals surface area contributed by atoms with Crippen molar-refractivity contribution in [1.29, 1.82) is 0 Å². The molecule has 1 saturated carbocycles. The number of hydrogen-bond donors (Lipinski definition) is 1. The van der Waals surface area contributed by atoms with Gasteiger partial charge in [-0.05, 0) is 31.4 Å². The molecule has 3 nitrogen and oxygen atoms in total. The number of nitrogens with zero attached hydrogens (tertiary/aromatic N) is 2. The van der Waals surface area contributed by atoms with E-state index >= 15 is 0 Å². The number of imidazole rings is 1. The lowest BCUT2D eigenvalue weighted by Gasteiger charge is -2.14. The fourth-order valence-corrected chi connectivity index (χ4v) is 3.35. The van der Waals surface area contributed by atoms with Crippen molar-refractivity contribution in [3.63, 3.8) is 0 Å². The van der Waals surface area contributed by atoms with Crippen LogP contribution < -0.4 is 5.32 Å². The molecule has 1 aromatic carbocycles. The van der Waals surface area contributed by atoms with Crippen LogP contribution in [0, 0.1) is 0 Å². The average molecular weight is 253 g/mol. The minimum absolute atomic E-state index is 0.513. The normalized spacial score (nSPS) is 29.6. The summed E-state index contributed by atoms with van der Waals surface area (Å²) in [6, 6.07) is 12.0. The van der Waals surface area contributed by atoms with Crippen LogP contribution >= 0.6 is 0 Å². The van der Waals surface area contributed by atoms with Crippen LogP contribution in [0.1, 0.15) is 48.5 Å². The van der Waals surface area contributed by atoms with Crippen LogP contribution in [0.15, 0.2) is 42.9 Å². The van der Waals surface area contributed by atoms with Crippen molar-refractivity contribution in [2.24, 2.45) is 0 Å². The summed E-state index contributed by atoms with van der Waals surface area (Å²) >= 11 is 0. The van der Waals surface area contributed by atoms with E-state index in [2.05, 4.69) is 45.2 Å². The van der Waals surface area contributed by atoms with Gasteiger partial charge in [0.25, 0.3) is 0 Å². The molecule has 98 valence electrons. The SMILES string of the molecule is c1ccc(C2CC2n2cncc2C2CCCN2)cc1. The molecule has 0 bridgehead atoms. The molecule has 2 aromatic rings. The molecule has 1 aromatic heterocycles. The molecule has 1 N–H and O–H groups in total. The molecule has 1 saturated heterocycles. The maximum Gasteiger partial charge on any atom is 0.0951 e. The molecule has 1 aliphatic carbocycles. The molecular weight excluding hydrogens is 234 g/mol. The predicted molar refractivity (Wildman–Crippen MR) is 75.0 cm³/mol. The molecule has 0 spiro atoms. The van der Waals surface area contributed by atoms with E-state index in [0.29, 0.717) is 18.0 Å². The van der Waals surface area contributed by atoms with Gasteiger partial charge < -0.3 is 9.88 Å². The molecule has 0 radical (unpaired) electrons. The van der Waals surface area contributed by atoms with Crippen molar-refractivity contribution in [3.8, 4) is 0 Å². The van der Waals surface area contributed by atoms with Crippen LogP contribution in [0.5, 0.6) is 0 Å². The van der Waals surface area contributed by atoms with Crippen molar-refractivity contribution in [2.45, 2.75) is 37.3 Å². The number of rotatable bonds is 3. The monoisotopic (exact) mass is 253 g/mol. The number of nitrogens with one attached hydrogen (secondary N) is 1. The first kappa shape index (κ1) is 11.2. The molecule has 2 fully saturated rings. The Hall–Kier alpha value is -1.61. The van der Waals surface area contributed by atoms with Crippen LogP contribution in [0.4, 0.5) is 0 Å². The summed E-state index contributed by atoms with van der Waals surface area (Å²) in [5.74, 6) is 0.676. The van der Waals surface area contributed by atoms with E-state index in [0.717, 1.165) is 6.54 Å². The first-order valence-corrected chi connectivity index (χ1v) is 7.23. The van der Waals surface area contributed by atoms with Crippen molar-refractivity contribution in [2.75, 3.05) is 6.54 Å². The topological polar surface area (TPSA) is 29.9 Å². The largest absolute Gasteiger partial charge is 0.329 e. The quantitative estimate of drug-likeness (QED) is 0.911. The Balaban J connectivity index is 1.57. The predicted octanol–water partition coefficient (Wildman–Crippen LogP) is 3.04. The maximum atomic E-state index is 4.38. The molecule has 3 heteroatoms. The van der Waals surface area contributed by atoms with Gasteiger partial charge in [-0.15, -0.1) is 0 Å². The third-order valence-electron chi connectivity index (χ3n) is 4.46. The van der Waals surface area contributed by atoms with E-state index in [9.17, 15) is 0 Å². The molecule has 19 heavy (non-hydrogen) atoms. The van der Waals surface area contributed by atoms with E-state index in [1.54, 1.807) is 0 Å². The number of benzene rings is 1. The number of aromatic nitrogens is 2. The maximum absolute atomic E-state index is 4.38. The van der Waals surface area contributed by atoms with E-state index in [-0.39, 0.29) is 0 Å². The second kappa shape index (κ2) is 4.49. The minimum atomic E-state index is 0.513. The van der Waals surface area contributed by atoms with Gasteiger partial charge in [-0.2, -0.15) is 0 Å². The summed E-state index contributed by atoms with van der Waals surface area (Å²) in [4.78, 5) is 4.38. The van der Waals surface area contributed by atoms with E-state index in [4.69, 9.17) is 0 Å². The second-order valence-corrected chi connectivity index (χ2v) is 5.69. The summed E-state index contributed by atoms with van der Waals surface area (Å²) in [7, 11) is 0. The lowest BCUT2D eigenvalue weighted by atomic mass is 10.1. The zero-order valence-corrected chi connectivity index (χ0v) is 11.0. The van der Waals surface area contributed by atoms with Gasteiger partial charge in [-0.25, -0.2) is 4.98 Å². The fraction of sp³-hybridized carbons (Fsp3) is 0.438. The standard InChI is InChI=1S/C16H19N3/c1-2-5-12(6-3-1)13-9-15(13)19-11-17-10-16(19)14-7-4-8-18-14/h1-3,5-6,10-11,13-15,18H,4,7-9H2. The second-order valence-electron chi connectivity index (χ2n) is 5.69. The molecule has 2 heterocycles. The van der Waals surface area contributed by atoms with Gasteiger partial charge in [0.05, 0.1) is 12.0 Å². The van der Waals surface area contributed by atoms with Crippen LogP contribution in [-0.2, 0) is 0 Å². The first-order chi connectivity index (χ1) is 9.43. The zero-order valence-electron chi connectivity index (χ0n) is 11.0. The molecule has 4 rings (SSSR count). The van der Waals surface area contributed by atoms with Gasteiger partial charge in [-0.1, -0.05) is 30.3 Å². The molecular formula is C16H19N3. The third kappa shape index (κ3) is 1.98. The van der Waals surface area contributed by atoms with Crippen molar-refractivity contribution >= 4 is 0 Å². The van der Waals surface area contributed by atoms with E-state index in [1.807, 2.05) is 12.5 Å². The van der Waals surface area contributed by atoms with E-state index < -0.39 is 0 Å². The van der Waals surface area contributed by atoms with Gasteiger partial charge in [-0.3, -0.25) is 0 Å². The molecule has 3 atom stereocenters. The van der Waals surface area contributed by atoms with Crippen LogP contribution in [-0.4, -0.2) is 16.1 Å². The average Bonchev–Trinajstić information content (AvgIpc) is 2.90. The highest BCUT2D eigenvalue weighted by molar-refractivity contribution is 5.28. The minimum Gasteiger partial charge on any atom is -0.329 e.